The lowest BCUT2D eigenvalue weighted by molar-refractivity contribution is 0.290. The molecule has 0 radical (unpaired) electrons. The van der Waals surface area contributed by atoms with E-state index in [1.54, 1.807) is 0 Å². The van der Waals surface area contributed by atoms with Gasteiger partial charge in [-0.25, -0.2) is 9.98 Å². The summed E-state index contributed by atoms with van der Waals surface area (Å²) in [7, 11) is 0. The maximum Gasteiger partial charge on any atom is 0.235 e. The van der Waals surface area contributed by atoms with E-state index in [1.165, 1.54) is 57.1 Å². The molecule has 0 bridgehead atoms. The van der Waals surface area contributed by atoms with E-state index in [4.69, 9.17) is 14.7 Å². The lowest BCUT2D eigenvalue weighted by atomic mass is 9.77. The minimum Gasteiger partial charge on any atom is -0.474 e. The molecule has 3 heteroatoms. The van der Waals surface area contributed by atoms with Gasteiger partial charge in [-0.05, 0) is 55.6 Å². The van der Waals surface area contributed by atoms with Crippen LogP contribution in [0, 0.1) is 17.8 Å². The first-order chi connectivity index (χ1) is 12.2. The fourth-order valence-corrected chi connectivity index (χ4v) is 5.13. The maximum absolute atomic E-state index is 5.89. The molecule has 4 rings (SSSR count). The summed E-state index contributed by atoms with van der Waals surface area (Å²) >= 11 is 0. The van der Waals surface area contributed by atoms with E-state index in [9.17, 15) is 0 Å². The van der Waals surface area contributed by atoms with Gasteiger partial charge >= 0.3 is 0 Å². The summed E-state index contributed by atoms with van der Waals surface area (Å²) in [6.07, 6.45) is 11.2. The minimum atomic E-state index is 0.279. The van der Waals surface area contributed by atoms with Crippen molar-refractivity contribution in [3.8, 4) is 0 Å². The number of aliphatic imine (C=N–C) groups is 1. The van der Waals surface area contributed by atoms with Crippen LogP contribution in [0.15, 0.2) is 23.2 Å². The smallest absolute Gasteiger partial charge is 0.235 e. The summed E-state index contributed by atoms with van der Waals surface area (Å²) in [6.45, 7) is 5.12. The quantitative estimate of drug-likeness (QED) is 0.724. The highest BCUT2D eigenvalue weighted by atomic mass is 16.5. The van der Waals surface area contributed by atoms with Gasteiger partial charge in [0, 0.05) is 11.6 Å². The molecule has 2 heterocycles. The Morgan fingerprint density at radius 3 is 2.16 bits per heavy atom. The molecule has 2 aliphatic carbocycles. The van der Waals surface area contributed by atoms with Gasteiger partial charge in [0.15, 0.2) is 0 Å². The van der Waals surface area contributed by atoms with Crippen molar-refractivity contribution >= 4 is 5.90 Å². The van der Waals surface area contributed by atoms with E-state index in [0.29, 0.717) is 18.4 Å². The van der Waals surface area contributed by atoms with Gasteiger partial charge in [-0.15, -0.1) is 0 Å². The topological polar surface area (TPSA) is 34.5 Å². The molecule has 0 amide bonds. The number of hydrogen-bond acceptors (Lipinski definition) is 3. The molecule has 1 aromatic rings. The third kappa shape index (κ3) is 3.61. The van der Waals surface area contributed by atoms with Crippen molar-refractivity contribution in [2.24, 2.45) is 22.7 Å². The zero-order chi connectivity index (χ0) is 17.2. The molecule has 25 heavy (non-hydrogen) atoms. The molecule has 3 nitrogen and oxygen atoms in total. The lowest BCUT2D eigenvalue weighted by Gasteiger charge is -2.29. The van der Waals surface area contributed by atoms with Gasteiger partial charge in [0.2, 0.25) is 5.90 Å². The summed E-state index contributed by atoms with van der Waals surface area (Å²) in [5.41, 5.74) is 2.25. The minimum absolute atomic E-state index is 0.279. The molecule has 1 atom stereocenters. The third-order valence-electron chi connectivity index (χ3n) is 6.59. The predicted octanol–water partition coefficient (Wildman–Crippen LogP) is 5.35. The van der Waals surface area contributed by atoms with Crippen LogP contribution in [0.4, 0.5) is 0 Å². The number of aromatic nitrogens is 1. The molecular weight excluding hydrogens is 308 g/mol. The van der Waals surface area contributed by atoms with Crippen molar-refractivity contribution < 1.29 is 4.74 Å². The van der Waals surface area contributed by atoms with Gasteiger partial charge < -0.3 is 4.74 Å². The van der Waals surface area contributed by atoms with E-state index in [2.05, 4.69) is 32.0 Å². The largest absolute Gasteiger partial charge is 0.474 e. The SMILES string of the molecule is CC(C)C1COC(c2cccc(C(C3CCCC3)C3CCCC3)n2)=N1. The van der Waals surface area contributed by atoms with Crippen LogP contribution in [0.5, 0.6) is 0 Å². The van der Waals surface area contributed by atoms with E-state index in [0.717, 1.165) is 23.4 Å². The van der Waals surface area contributed by atoms with Crippen molar-refractivity contribution in [2.75, 3.05) is 6.61 Å². The van der Waals surface area contributed by atoms with Crippen molar-refractivity contribution in [1.82, 2.24) is 4.98 Å². The molecule has 2 saturated carbocycles. The van der Waals surface area contributed by atoms with E-state index < -0.39 is 0 Å². The van der Waals surface area contributed by atoms with Crippen LogP contribution < -0.4 is 0 Å². The Labute approximate surface area is 152 Å². The fourth-order valence-electron chi connectivity index (χ4n) is 5.13. The average Bonchev–Trinajstić information content (AvgIpc) is 3.38. The number of ether oxygens (including phenoxy) is 1. The fraction of sp³-hybridized carbons (Fsp3) is 0.727. The first-order valence-corrected chi connectivity index (χ1v) is 10.4. The third-order valence-corrected chi connectivity index (χ3v) is 6.59. The molecule has 1 aromatic heterocycles. The molecule has 2 fully saturated rings. The molecule has 3 aliphatic rings. The van der Waals surface area contributed by atoms with Crippen molar-refractivity contribution in [3.63, 3.8) is 0 Å². The van der Waals surface area contributed by atoms with Gasteiger partial charge in [-0.1, -0.05) is 45.6 Å². The van der Waals surface area contributed by atoms with Crippen LogP contribution in [-0.4, -0.2) is 23.5 Å². The Morgan fingerprint density at radius 1 is 0.960 bits per heavy atom. The predicted molar refractivity (Wildman–Crippen MR) is 102 cm³/mol. The van der Waals surface area contributed by atoms with Gasteiger partial charge in [0.25, 0.3) is 0 Å². The van der Waals surface area contributed by atoms with Crippen molar-refractivity contribution in [2.45, 2.75) is 77.2 Å². The molecular formula is C22H32N2O. The summed E-state index contributed by atoms with van der Waals surface area (Å²) < 4.78 is 5.89. The van der Waals surface area contributed by atoms with Crippen LogP contribution >= 0.6 is 0 Å². The molecule has 136 valence electrons. The van der Waals surface area contributed by atoms with Crippen LogP contribution in [0.1, 0.15) is 82.5 Å². The number of hydrogen-bond donors (Lipinski definition) is 0. The molecule has 0 N–H and O–H groups in total. The highest BCUT2D eigenvalue weighted by Crippen LogP contribution is 2.46. The Bertz CT molecular complexity index is 596. The molecule has 1 unspecified atom stereocenters. The number of nitrogens with zero attached hydrogens (tertiary/aromatic N) is 2. The summed E-state index contributed by atoms with van der Waals surface area (Å²) in [5, 5.41) is 0. The van der Waals surface area contributed by atoms with Gasteiger partial charge in [0.1, 0.15) is 12.3 Å². The van der Waals surface area contributed by atoms with E-state index >= 15 is 0 Å². The standard InChI is InChI=1S/C22H32N2O/c1-15(2)20-14-25-22(24-20)19-13-7-12-18(23-19)21(16-8-3-4-9-16)17-10-5-6-11-17/h7,12-13,15-17,20-21H,3-6,8-11,14H2,1-2H3. The second kappa shape index (κ2) is 7.47. The van der Waals surface area contributed by atoms with E-state index in [-0.39, 0.29) is 6.04 Å². The number of pyridine rings is 1. The van der Waals surface area contributed by atoms with Crippen molar-refractivity contribution in [3.05, 3.63) is 29.6 Å². The van der Waals surface area contributed by atoms with Gasteiger partial charge in [0.05, 0.1) is 6.04 Å². The zero-order valence-corrected chi connectivity index (χ0v) is 15.8. The van der Waals surface area contributed by atoms with E-state index in [1.807, 2.05) is 0 Å². The average molecular weight is 341 g/mol. The first kappa shape index (κ1) is 17.1. The van der Waals surface area contributed by atoms with Crippen LogP contribution in [-0.2, 0) is 4.74 Å². The van der Waals surface area contributed by atoms with Crippen molar-refractivity contribution in [1.29, 1.82) is 0 Å². The highest BCUT2D eigenvalue weighted by molar-refractivity contribution is 5.93. The normalized spacial score (nSPS) is 25.1. The second-order valence-corrected chi connectivity index (χ2v) is 8.62. The molecule has 0 aromatic carbocycles. The molecule has 1 aliphatic heterocycles. The Kier molecular flexibility index (Phi) is 5.10. The second-order valence-electron chi connectivity index (χ2n) is 8.62. The summed E-state index contributed by atoms with van der Waals surface area (Å²) in [6, 6.07) is 6.79. The maximum atomic E-state index is 5.89. The lowest BCUT2D eigenvalue weighted by Crippen LogP contribution is -2.20. The Balaban J connectivity index is 1.61. The van der Waals surface area contributed by atoms with Gasteiger partial charge in [-0.2, -0.15) is 0 Å². The summed E-state index contributed by atoms with van der Waals surface area (Å²) in [4.78, 5) is 9.87. The van der Waals surface area contributed by atoms with Crippen LogP contribution in [0.2, 0.25) is 0 Å². The Morgan fingerprint density at radius 2 is 1.60 bits per heavy atom. The van der Waals surface area contributed by atoms with Crippen LogP contribution in [0.3, 0.4) is 0 Å². The molecule has 0 saturated heterocycles. The summed E-state index contributed by atoms with van der Waals surface area (Å²) in [5.74, 6) is 3.59. The van der Waals surface area contributed by atoms with Crippen LogP contribution in [0.25, 0.3) is 0 Å². The van der Waals surface area contributed by atoms with Gasteiger partial charge in [-0.3, -0.25) is 0 Å². The first-order valence-electron chi connectivity index (χ1n) is 10.4. The Hall–Kier alpha value is -1.38. The zero-order valence-electron chi connectivity index (χ0n) is 15.8. The highest BCUT2D eigenvalue weighted by Gasteiger charge is 2.35. The monoisotopic (exact) mass is 340 g/mol. The molecule has 0 spiro atoms. The number of rotatable bonds is 5.